The molecule has 7 nitrogen and oxygen atoms in total. The second-order valence-corrected chi connectivity index (χ2v) is 13.8. The lowest BCUT2D eigenvalue weighted by molar-refractivity contribution is 1.22. The molecule has 0 fully saturated rings. The predicted molar refractivity (Wildman–Crippen MR) is 232 cm³/mol. The van der Waals surface area contributed by atoms with Crippen LogP contribution in [0.4, 0.5) is 0 Å². The number of benzene rings is 3. The number of rotatable bonds is 8. The van der Waals surface area contributed by atoms with Gasteiger partial charge in [-0.2, -0.15) is 0 Å². The molecule has 0 saturated heterocycles. The molecule has 0 atom stereocenters. The first-order valence-corrected chi connectivity index (χ1v) is 19.0. The smallest absolute Gasteiger partial charge is 0.0900 e. The monoisotopic (exact) mass is 743 g/mol. The van der Waals surface area contributed by atoms with Gasteiger partial charge in [0.2, 0.25) is 0 Å². The molecule has 10 rings (SSSR count). The number of pyridine rings is 7. The summed E-state index contributed by atoms with van der Waals surface area (Å²) in [7, 11) is 0. The van der Waals surface area contributed by atoms with Gasteiger partial charge in [-0.3, -0.25) is 24.9 Å². The summed E-state index contributed by atoms with van der Waals surface area (Å²) in [6.45, 7) is 0. The van der Waals surface area contributed by atoms with Crippen LogP contribution in [-0.2, 0) is 0 Å². The van der Waals surface area contributed by atoms with Crippen molar-refractivity contribution in [1.82, 2.24) is 34.9 Å². The zero-order valence-electron chi connectivity index (χ0n) is 31.2. The highest BCUT2D eigenvalue weighted by atomic mass is 14.8. The lowest BCUT2D eigenvalue weighted by Gasteiger charge is -2.16. The zero-order valence-corrected chi connectivity index (χ0v) is 31.2. The Hall–Kier alpha value is -8.03. The molecule has 0 saturated carbocycles. The third-order valence-corrected chi connectivity index (χ3v) is 10.2. The molecule has 0 aliphatic heterocycles. The van der Waals surface area contributed by atoms with E-state index in [0.717, 1.165) is 101 Å². The second kappa shape index (κ2) is 15.2. The molecule has 0 aliphatic rings. The fourth-order valence-electron chi connectivity index (χ4n) is 7.39. The maximum absolute atomic E-state index is 5.13. The number of aromatic nitrogens is 7. The summed E-state index contributed by atoms with van der Waals surface area (Å²) in [6, 6.07) is 57.8. The molecule has 3 aromatic carbocycles. The van der Waals surface area contributed by atoms with Crippen LogP contribution in [0.1, 0.15) is 0 Å². The van der Waals surface area contributed by atoms with Crippen LogP contribution in [0.5, 0.6) is 0 Å². The summed E-state index contributed by atoms with van der Waals surface area (Å²) < 4.78 is 0. The number of hydrogen-bond donors (Lipinski definition) is 0. The van der Waals surface area contributed by atoms with Gasteiger partial charge in [-0.25, -0.2) is 9.97 Å². The minimum atomic E-state index is 0.784. The van der Waals surface area contributed by atoms with Gasteiger partial charge in [0.15, 0.2) is 0 Å². The summed E-state index contributed by atoms with van der Waals surface area (Å²) >= 11 is 0. The molecule has 0 amide bonds. The molecule has 7 aromatic heterocycles. The van der Waals surface area contributed by atoms with Gasteiger partial charge in [0.05, 0.1) is 51.2 Å². The van der Waals surface area contributed by atoms with Gasteiger partial charge < -0.3 is 0 Å². The van der Waals surface area contributed by atoms with Crippen molar-refractivity contribution in [2.24, 2.45) is 0 Å². The molecule has 0 aliphatic carbocycles. The Balaban J connectivity index is 1.15. The van der Waals surface area contributed by atoms with Crippen LogP contribution >= 0.6 is 0 Å². The molecule has 0 unspecified atom stereocenters. The van der Waals surface area contributed by atoms with E-state index in [0.29, 0.717) is 0 Å². The maximum atomic E-state index is 5.13. The quantitative estimate of drug-likeness (QED) is 0.153. The lowest BCUT2D eigenvalue weighted by Crippen LogP contribution is -1.95. The minimum Gasteiger partial charge on any atom is -0.255 e. The van der Waals surface area contributed by atoms with E-state index in [9.17, 15) is 0 Å². The van der Waals surface area contributed by atoms with Crippen molar-refractivity contribution in [1.29, 1.82) is 0 Å². The zero-order chi connectivity index (χ0) is 38.7. The third-order valence-electron chi connectivity index (χ3n) is 10.2. The summed E-state index contributed by atoms with van der Waals surface area (Å²) in [6.07, 6.45) is 9.04. The average molecular weight is 744 g/mol. The summed E-state index contributed by atoms with van der Waals surface area (Å²) in [5, 5.41) is 2.24. The Bertz CT molecular complexity index is 2890. The lowest BCUT2D eigenvalue weighted by atomic mass is 9.89. The van der Waals surface area contributed by atoms with Crippen molar-refractivity contribution in [2.45, 2.75) is 0 Å². The Morgan fingerprint density at radius 1 is 0.224 bits per heavy atom. The number of fused-ring (bicyclic) bond motifs is 1. The topological polar surface area (TPSA) is 90.2 Å². The van der Waals surface area contributed by atoms with Crippen molar-refractivity contribution in [3.05, 3.63) is 201 Å². The van der Waals surface area contributed by atoms with Gasteiger partial charge >= 0.3 is 0 Å². The normalized spacial score (nSPS) is 11.1. The van der Waals surface area contributed by atoms with Crippen LogP contribution in [0.15, 0.2) is 201 Å². The van der Waals surface area contributed by atoms with Gasteiger partial charge in [0.25, 0.3) is 0 Å². The molecule has 0 spiro atoms. The molecule has 0 bridgehead atoms. The van der Waals surface area contributed by atoms with Gasteiger partial charge in [0, 0.05) is 36.5 Å². The van der Waals surface area contributed by atoms with E-state index in [1.165, 1.54) is 0 Å². The summed E-state index contributed by atoms with van der Waals surface area (Å²) in [4.78, 5) is 33.3. The SMILES string of the molecule is c1ccc(-c2cc(-c3cc(-c4cccc(-c5ccccn5)n4)cc(-c4ccc(-c5cc(-c6ccccn6)nc(-c6ccccn6)c5)c5ccccc45)c3)ccn2)nc1. The molecule has 7 heteroatoms. The van der Waals surface area contributed by atoms with E-state index >= 15 is 0 Å². The third kappa shape index (κ3) is 6.89. The minimum absolute atomic E-state index is 0.784. The number of nitrogens with zero attached hydrogens (tertiary/aromatic N) is 7. The Kier molecular flexibility index (Phi) is 9.06. The van der Waals surface area contributed by atoms with E-state index in [1.807, 2.05) is 91.1 Å². The van der Waals surface area contributed by atoms with Gasteiger partial charge in [-0.1, -0.05) is 66.7 Å². The van der Waals surface area contributed by atoms with Crippen molar-refractivity contribution < 1.29 is 0 Å². The predicted octanol–water partition coefficient (Wildman–Crippen LogP) is 11.9. The van der Waals surface area contributed by atoms with Gasteiger partial charge in [-0.05, 0) is 147 Å². The highest BCUT2D eigenvalue weighted by Gasteiger charge is 2.17. The standard InChI is InChI=1S/C51H33N7/c1-2-13-42-40(37-32-50(46-16-5-9-25-54-46)58-51(33-37)47-17-6-10-26-55-47)21-20-39(41(42)12-1)36-28-35(34-22-27-56-49(31-34)45-15-4-8-24-53-45)29-38(30-36)43-18-11-19-48(57-43)44-14-3-7-23-52-44/h1-33H. The van der Waals surface area contributed by atoms with Crippen molar-refractivity contribution >= 4 is 10.8 Å². The maximum Gasteiger partial charge on any atom is 0.0900 e. The Morgan fingerprint density at radius 3 is 1.21 bits per heavy atom. The molecule has 272 valence electrons. The highest BCUT2D eigenvalue weighted by molar-refractivity contribution is 6.06. The van der Waals surface area contributed by atoms with E-state index < -0.39 is 0 Å². The first-order valence-electron chi connectivity index (χ1n) is 19.0. The first kappa shape index (κ1) is 34.5. The van der Waals surface area contributed by atoms with E-state index in [4.69, 9.17) is 9.97 Å². The molecular formula is C51H33N7. The number of hydrogen-bond acceptors (Lipinski definition) is 7. The van der Waals surface area contributed by atoms with Crippen molar-refractivity contribution in [3.63, 3.8) is 0 Å². The van der Waals surface area contributed by atoms with Crippen LogP contribution in [0.25, 0.3) is 101 Å². The molecule has 0 radical (unpaired) electrons. The van der Waals surface area contributed by atoms with E-state index in [-0.39, 0.29) is 0 Å². The van der Waals surface area contributed by atoms with E-state index in [1.54, 1.807) is 24.8 Å². The molecule has 10 aromatic rings. The van der Waals surface area contributed by atoms with Crippen LogP contribution in [-0.4, -0.2) is 34.9 Å². The fourth-order valence-corrected chi connectivity index (χ4v) is 7.39. The second-order valence-electron chi connectivity index (χ2n) is 13.8. The van der Waals surface area contributed by atoms with Gasteiger partial charge in [0.1, 0.15) is 0 Å². The van der Waals surface area contributed by atoms with Crippen LogP contribution in [0.2, 0.25) is 0 Å². The largest absolute Gasteiger partial charge is 0.255 e. The fraction of sp³-hybridized carbons (Fsp3) is 0. The van der Waals surface area contributed by atoms with Crippen LogP contribution in [0.3, 0.4) is 0 Å². The molecule has 0 N–H and O–H groups in total. The van der Waals surface area contributed by atoms with Gasteiger partial charge in [-0.15, -0.1) is 0 Å². The average Bonchev–Trinajstić information content (AvgIpc) is 3.32. The summed E-state index contributed by atoms with van der Waals surface area (Å²) in [5.74, 6) is 0. The molecular weight excluding hydrogens is 711 g/mol. The Morgan fingerprint density at radius 2 is 0.638 bits per heavy atom. The van der Waals surface area contributed by atoms with Crippen LogP contribution in [0, 0.1) is 0 Å². The first-order chi connectivity index (χ1) is 28.7. The van der Waals surface area contributed by atoms with Crippen LogP contribution < -0.4 is 0 Å². The molecule has 58 heavy (non-hydrogen) atoms. The molecule has 7 heterocycles. The Labute approximate surface area is 335 Å². The van der Waals surface area contributed by atoms with Crippen molar-refractivity contribution in [3.8, 4) is 90.2 Å². The van der Waals surface area contributed by atoms with Crippen molar-refractivity contribution in [2.75, 3.05) is 0 Å². The van der Waals surface area contributed by atoms with E-state index in [2.05, 4.69) is 110 Å². The summed E-state index contributed by atoms with van der Waals surface area (Å²) in [5.41, 5.74) is 14.6. The highest BCUT2D eigenvalue weighted by Crippen LogP contribution is 2.40.